The average Bonchev–Trinajstić information content (AvgIpc) is 2.99. The van der Waals surface area contributed by atoms with Gasteiger partial charge in [0.1, 0.15) is 10.7 Å². The lowest BCUT2D eigenvalue weighted by molar-refractivity contribution is 0.0949. The summed E-state index contributed by atoms with van der Waals surface area (Å²) in [6, 6.07) is 10.8. The second-order valence-corrected chi connectivity index (χ2v) is 7.81. The lowest BCUT2D eigenvalue weighted by Gasteiger charge is -2.10. The molecular formula is C20H16FN5OS. The summed E-state index contributed by atoms with van der Waals surface area (Å²) in [5.74, 6) is 0.0120. The van der Waals surface area contributed by atoms with Crippen LogP contribution < -0.4 is 16.0 Å². The van der Waals surface area contributed by atoms with Crippen LogP contribution in [-0.2, 0) is 0 Å². The number of hydrogen-bond acceptors (Lipinski definition) is 6. The number of amides is 1. The van der Waals surface area contributed by atoms with Gasteiger partial charge in [-0.15, -0.1) is 11.3 Å². The van der Waals surface area contributed by atoms with E-state index >= 15 is 0 Å². The van der Waals surface area contributed by atoms with Crippen molar-refractivity contribution >= 4 is 55.4 Å². The molecule has 0 fully saturated rings. The lowest BCUT2D eigenvalue weighted by Crippen LogP contribution is -2.34. The van der Waals surface area contributed by atoms with Gasteiger partial charge in [-0.1, -0.05) is 0 Å². The molecule has 1 aliphatic heterocycles. The number of benzene rings is 1. The largest absolute Gasteiger partial charge is 0.381 e. The van der Waals surface area contributed by atoms with Gasteiger partial charge < -0.3 is 16.0 Å². The number of carbonyl (C=O) groups is 1. The molecule has 4 aromatic rings. The Kier molecular flexibility index (Phi) is 3.87. The number of nitrogens with zero attached hydrogens (tertiary/aromatic N) is 2. The highest BCUT2D eigenvalue weighted by Crippen LogP contribution is 2.41. The van der Waals surface area contributed by atoms with Crippen molar-refractivity contribution in [2.75, 3.05) is 17.2 Å². The highest BCUT2D eigenvalue weighted by molar-refractivity contribution is 7.21. The number of aromatic nitrogens is 2. The Morgan fingerprint density at radius 3 is 3.00 bits per heavy atom. The van der Waals surface area contributed by atoms with Crippen molar-refractivity contribution in [1.29, 1.82) is 0 Å². The monoisotopic (exact) mass is 393 g/mol. The van der Waals surface area contributed by atoms with E-state index in [0.717, 1.165) is 26.7 Å². The number of hydrogen-bond donors (Lipinski definition) is 3. The van der Waals surface area contributed by atoms with Crippen LogP contribution in [0.3, 0.4) is 0 Å². The molecule has 0 aliphatic carbocycles. The van der Waals surface area contributed by atoms with Crippen LogP contribution >= 0.6 is 11.3 Å². The molecule has 1 amide bonds. The van der Waals surface area contributed by atoms with Crippen molar-refractivity contribution in [3.05, 3.63) is 53.4 Å². The van der Waals surface area contributed by atoms with Crippen LogP contribution in [0.15, 0.2) is 42.6 Å². The molecule has 1 atom stereocenters. The SMILES string of the molecule is C[C@H]1CNc2c(sc3ccc4nc(Nc5ccnc(F)c5)ccc4c23)C(=O)N1. The predicted octanol–water partition coefficient (Wildman–Crippen LogP) is 4.27. The fourth-order valence-electron chi connectivity index (χ4n) is 3.42. The van der Waals surface area contributed by atoms with Crippen LogP contribution in [0.1, 0.15) is 16.6 Å². The van der Waals surface area contributed by atoms with Gasteiger partial charge in [-0.05, 0) is 37.3 Å². The Labute approximate surface area is 163 Å². The van der Waals surface area contributed by atoms with Crippen molar-refractivity contribution in [2.45, 2.75) is 13.0 Å². The van der Waals surface area contributed by atoms with E-state index in [1.807, 2.05) is 31.2 Å². The smallest absolute Gasteiger partial charge is 0.263 e. The lowest BCUT2D eigenvalue weighted by atomic mass is 10.1. The number of fused-ring (bicyclic) bond motifs is 5. The van der Waals surface area contributed by atoms with Gasteiger partial charge in [0.25, 0.3) is 5.91 Å². The Bertz CT molecular complexity index is 1240. The topological polar surface area (TPSA) is 78.9 Å². The minimum absolute atomic E-state index is 0.0483. The van der Waals surface area contributed by atoms with E-state index in [0.29, 0.717) is 22.9 Å². The molecule has 4 heterocycles. The second-order valence-electron chi connectivity index (χ2n) is 6.76. The Hall–Kier alpha value is -3.26. The second kappa shape index (κ2) is 6.42. The molecule has 28 heavy (non-hydrogen) atoms. The highest BCUT2D eigenvalue weighted by atomic mass is 32.1. The maximum atomic E-state index is 13.3. The van der Waals surface area contributed by atoms with E-state index in [2.05, 4.69) is 25.9 Å². The van der Waals surface area contributed by atoms with Crippen molar-refractivity contribution in [3.8, 4) is 0 Å². The molecular weight excluding hydrogens is 377 g/mol. The Balaban J connectivity index is 1.62. The summed E-state index contributed by atoms with van der Waals surface area (Å²) in [5, 5.41) is 11.5. The van der Waals surface area contributed by atoms with Crippen LogP contribution in [0.5, 0.6) is 0 Å². The first-order chi connectivity index (χ1) is 13.6. The van der Waals surface area contributed by atoms with Crippen molar-refractivity contribution in [3.63, 3.8) is 0 Å². The molecule has 6 nitrogen and oxygen atoms in total. The molecule has 3 aromatic heterocycles. The Morgan fingerprint density at radius 1 is 1.25 bits per heavy atom. The third kappa shape index (κ3) is 2.82. The average molecular weight is 393 g/mol. The summed E-state index contributed by atoms with van der Waals surface area (Å²) in [7, 11) is 0. The van der Waals surface area contributed by atoms with E-state index in [4.69, 9.17) is 0 Å². The normalized spacial score (nSPS) is 16.4. The van der Waals surface area contributed by atoms with Crippen LogP contribution in [0.25, 0.3) is 21.0 Å². The molecule has 0 saturated heterocycles. The van der Waals surface area contributed by atoms with Gasteiger partial charge in [-0.3, -0.25) is 4.79 Å². The quantitative estimate of drug-likeness (QED) is 0.443. The predicted molar refractivity (Wildman–Crippen MR) is 110 cm³/mol. The maximum Gasteiger partial charge on any atom is 0.263 e. The van der Waals surface area contributed by atoms with E-state index in [1.165, 1.54) is 23.6 Å². The maximum absolute atomic E-state index is 13.3. The summed E-state index contributed by atoms with van der Waals surface area (Å²) >= 11 is 1.48. The van der Waals surface area contributed by atoms with Gasteiger partial charge in [-0.25, -0.2) is 9.97 Å². The number of nitrogens with one attached hydrogen (secondary N) is 3. The van der Waals surface area contributed by atoms with Gasteiger partial charge in [-0.2, -0.15) is 4.39 Å². The van der Waals surface area contributed by atoms with E-state index in [-0.39, 0.29) is 11.9 Å². The summed E-state index contributed by atoms with van der Waals surface area (Å²) in [5.41, 5.74) is 2.25. The zero-order chi connectivity index (χ0) is 19.3. The van der Waals surface area contributed by atoms with Gasteiger partial charge in [0.05, 0.1) is 11.2 Å². The molecule has 0 saturated carbocycles. The third-order valence-electron chi connectivity index (χ3n) is 4.69. The number of anilines is 3. The molecule has 0 unspecified atom stereocenters. The molecule has 1 aliphatic rings. The number of carbonyl (C=O) groups excluding carboxylic acids is 1. The summed E-state index contributed by atoms with van der Waals surface area (Å²) in [6.07, 6.45) is 1.40. The van der Waals surface area contributed by atoms with Crippen molar-refractivity contribution in [1.82, 2.24) is 15.3 Å². The minimum Gasteiger partial charge on any atom is -0.381 e. The van der Waals surface area contributed by atoms with Crippen LogP contribution in [-0.4, -0.2) is 28.5 Å². The molecule has 0 radical (unpaired) electrons. The fraction of sp³-hybridized carbons (Fsp3) is 0.150. The van der Waals surface area contributed by atoms with Gasteiger partial charge in [0.2, 0.25) is 5.95 Å². The first-order valence-corrected chi connectivity index (χ1v) is 9.70. The van der Waals surface area contributed by atoms with Gasteiger partial charge in [0.15, 0.2) is 0 Å². The number of pyridine rings is 2. The van der Waals surface area contributed by atoms with E-state index in [9.17, 15) is 9.18 Å². The zero-order valence-electron chi connectivity index (χ0n) is 14.9. The number of halogens is 1. The summed E-state index contributed by atoms with van der Waals surface area (Å²) in [4.78, 5) is 21.4. The Morgan fingerprint density at radius 2 is 2.14 bits per heavy atom. The van der Waals surface area contributed by atoms with Crippen LogP contribution in [0.4, 0.5) is 21.6 Å². The van der Waals surface area contributed by atoms with Crippen molar-refractivity contribution in [2.24, 2.45) is 0 Å². The number of thiophene rings is 1. The zero-order valence-corrected chi connectivity index (χ0v) is 15.7. The van der Waals surface area contributed by atoms with Gasteiger partial charge in [0, 0.05) is 46.0 Å². The molecule has 0 bridgehead atoms. The molecule has 5 rings (SSSR count). The van der Waals surface area contributed by atoms with E-state index < -0.39 is 5.95 Å². The fourth-order valence-corrected chi connectivity index (χ4v) is 4.52. The molecule has 3 N–H and O–H groups in total. The van der Waals surface area contributed by atoms with Crippen molar-refractivity contribution < 1.29 is 9.18 Å². The summed E-state index contributed by atoms with van der Waals surface area (Å²) in [6.45, 7) is 2.64. The van der Waals surface area contributed by atoms with Gasteiger partial charge >= 0.3 is 0 Å². The first-order valence-electron chi connectivity index (χ1n) is 8.88. The molecule has 8 heteroatoms. The molecule has 140 valence electrons. The standard InChI is InChI=1S/C20H16FN5OS/c1-10-9-23-18-17-12-2-5-16(25-11-6-7-22-15(21)8-11)26-13(12)3-4-14(17)28-19(18)20(27)24-10/h2-8,10,23H,9H2,1H3,(H,24,27)(H,22,25,26)/t10-/m0/s1. The van der Waals surface area contributed by atoms with Crippen LogP contribution in [0, 0.1) is 5.95 Å². The minimum atomic E-state index is -0.549. The van der Waals surface area contributed by atoms with Crippen LogP contribution in [0.2, 0.25) is 0 Å². The first kappa shape index (κ1) is 16.9. The molecule has 0 spiro atoms. The third-order valence-corrected chi connectivity index (χ3v) is 5.84. The highest BCUT2D eigenvalue weighted by Gasteiger charge is 2.24. The number of rotatable bonds is 2. The molecule has 1 aromatic carbocycles. The van der Waals surface area contributed by atoms with E-state index in [1.54, 1.807) is 6.07 Å². The summed E-state index contributed by atoms with van der Waals surface area (Å²) < 4.78 is 14.3.